The minimum absolute atomic E-state index is 0.0118. The van der Waals surface area contributed by atoms with Crippen LogP contribution in [0.1, 0.15) is 26.3 Å². The summed E-state index contributed by atoms with van der Waals surface area (Å²) in [4.78, 5) is 35.7. The van der Waals surface area contributed by atoms with E-state index in [4.69, 9.17) is 23.2 Å². The Bertz CT molecular complexity index is 1120. The molecule has 0 radical (unpaired) electrons. The molecule has 0 saturated carbocycles. The monoisotopic (exact) mass is 457 g/mol. The maximum Gasteiger partial charge on any atom is 0.336 e. The van der Waals surface area contributed by atoms with Gasteiger partial charge in [0.2, 0.25) is 0 Å². The Kier molecular flexibility index (Phi) is 6.95. The fraction of sp³-hybridized carbons (Fsp3) is 0.0870. The largest absolute Gasteiger partial charge is 0.480 e. The van der Waals surface area contributed by atoms with Crippen molar-refractivity contribution in [3.8, 4) is 11.1 Å². The highest BCUT2D eigenvalue weighted by molar-refractivity contribution is 6.39. The third-order valence-corrected chi connectivity index (χ3v) is 5.29. The van der Waals surface area contributed by atoms with E-state index in [9.17, 15) is 24.6 Å². The predicted molar refractivity (Wildman–Crippen MR) is 118 cm³/mol. The molecular formula is C23H17Cl2NO5. The average Bonchev–Trinajstić information content (AvgIpc) is 2.73. The summed E-state index contributed by atoms with van der Waals surface area (Å²) in [5.74, 6) is -2.93. The maximum atomic E-state index is 12.5. The lowest BCUT2D eigenvalue weighted by atomic mass is 9.97. The van der Waals surface area contributed by atoms with Gasteiger partial charge in [-0.1, -0.05) is 71.7 Å². The van der Waals surface area contributed by atoms with Crippen LogP contribution in [0.3, 0.4) is 0 Å². The first-order chi connectivity index (χ1) is 14.8. The van der Waals surface area contributed by atoms with Gasteiger partial charge in [-0.15, -0.1) is 0 Å². The first-order valence-electron chi connectivity index (χ1n) is 9.17. The highest BCUT2D eigenvalue weighted by Gasteiger charge is 2.24. The van der Waals surface area contributed by atoms with E-state index >= 15 is 0 Å². The SMILES string of the molecule is O=C(O)c1ccccc1-c1ccc(C[C@H](NC(=O)c2c(Cl)cccc2Cl)C(=O)O)cc1. The molecule has 0 aliphatic heterocycles. The van der Waals surface area contributed by atoms with Crippen LogP contribution < -0.4 is 5.32 Å². The van der Waals surface area contributed by atoms with Gasteiger partial charge in [-0.3, -0.25) is 4.79 Å². The van der Waals surface area contributed by atoms with Gasteiger partial charge >= 0.3 is 11.9 Å². The number of hydrogen-bond acceptors (Lipinski definition) is 3. The Labute approximate surface area is 188 Å². The van der Waals surface area contributed by atoms with Crippen LogP contribution in [0.4, 0.5) is 0 Å². The first-order valence-corrected chi connectivity index (χ1v) is 9.93. The molecule has 1 atom stereocenters. The van der Waals surface area contributed by atoms with Gasteiger partial charge in [-0.25, -0.2) is 9.59 Å². The van der Waals surface area contributed by atoms with Crippen LogP contribution in [0.2, 0.25) is 10.0 Å². The van der Waals surface area contributed by atoms with Crippen molar-refractivity contribution in [2.45, 2.75) is 12.5 Å². The zero-order chi connectivity index (χ0) is 22.5. The summed E-state index contributed by atoms with van der Waals surface area (Å²) < 4.78 is 0. The summed E-state index contributed by atoms with van der Waals surface area (Å²) in [6, 6.07) is 16.8. The van der Waals surface area contributed by atoms with Crippen molar-refractivity contribution in [1.29, 1.82) is 0 Å². The van der Waals surface area contributed by atoms with Gasteiger partial charge in [0.15, 0.2) is 0 Å². The molecule has 0 fully saturated rings. The maximum absolute atomic E-state index is 12.5. The number of amides is 1. The predicted octanol–water partition coefficient (Wildman–Crippen LogP) is 4.78. The number of hydrogen-bond donors (Lipinski definition) is 3. The molecule has 8 heteroatoms. The van der Waals surface area contributed by atoms with Gasteiger partial charge in [-0.05, 0) is 34.9 Å². The second kappa shape index (κ2) is 9.64. The van der Waals surface area contributed by atoms with E-state index in [1.165, 1.54) is 18.2 Å². The summed E-state index contributed by atoms with van der Waals surface area (Å²) in [6.07, 6.45) is 0.0179. The van der Waals surface area contributed by atoms with Gasteiger partial charge in [0.1, 0.15) is 6.04 Å². The Balaban J connectivity index is 1.79. The number of aliphatic carboxylic acids is 1. The highest BCUT2D eigenvalue weighted by Crippen LogP contribution is 2.26. The molecule has 0 aliphatic rings. The number of nitrogens with one attached hydrogen (secondary N) is 1. The fourth-order valence-electron chi connectivity index (χ4n) is 3.12. The minimum Gasteiger partial charge on any atom is -0.480 e. The molecule has 0 bridgehead atoms. The Morgan fingerprint density at radius 1 is 0.839 bits per heavy atom. The van der Waals surface area contributed by atoms with Crippen LogP contribution >= 0.6 is 23.2 Å². The number of halogens is 2. The van der Waals surface area contributed by atoms with Crippen molar-refractivity contribution in [1.82, 2.24) is 5.32 Å². The van der Waals surface area contributed by atoms with Gasteiger partial charge < -0.3 is 15.5 Å². The van der Waals surface area contributed by atoms with Gasteiger partial charge in [-0.2, -0.15) is 0 Å². The summed E-state index contributed by atoms with van der Waals surface area (Å²) >= 11 is 12.0. The summed E-state index contributed by atoms with van der Waals surface area (Å²) in [5, 5.41) is 21.6. The van der Waals surface area contributed by atoms with Crippen molar-refractivity contribution in [3.05, 3.63) is 93.5 Å². The van der Waals surface area contributed by atoms with Gasteiger partial charge in [0, 0.05) is 6.42 Å². The number of carbonyl (C=O) groups excluding carboxylic acids is 1. The molecule has 158 valence electrons. The van der Waals surface area contributed by atoms with E-state index in [0.29, 0.717) is 16.7 Å². The van der Waals surface area contributed by atoms with Crippen molar-refractivity contribution in [3.63, 3.8) is 0 Å². The number of carbonyl (C=O) groups is 3. The van der Waals surface area contributed by atoms with E-state index in [1.54, 1.807) is 48.5 Å². The summed E-state index contributed by atoms with van der Waals surface area (Å²) in [6.45, 7) is 0. The van der Waals surface area contributed by atoms with E-state index in [2.05, 4.69) is 5.32 Å². The minimum atomic E-state index is -1.21. The van der Waals surface area contributed by atoms with E-state index in [-0.39, 0.29) is 27.6 Å². The van der Waals surface area contributed by atoms with Crippen molar-refractivity contribution in [2.24, 2.45) is 0 Å². The molecule has 3 rings (SSSR count). The number of carboxylic acid groups (broad SMARTS) is 2. The van der Waals surface area contributed by atoms with E-state index in [0.717, 1.165) is 0 Å². The normalized spacial score (nSPS) is 11.5. The Morgan fingerprint density at radius 3 is 2.03 bits per heavy atom. The molecule has 0 aromatic heterocycles. The molecule has 3 aromatic rings. The standard InChI is InChI=1S/C23H17Cl2NO5/c24-17-6-3-7-18(25)20(17)21(27)26-19(23(30)31)12-13-8-10-14(11-9-13)15-4-1-2-5-16(15)22(28)29/h1-11,19H,12H2,(H,26,27)(H,28,29)(H,30,31)/t19-/m0/s1. The lowest BCUT2D eigenvalue weighted by molar-refractivity contribution is -0.139. The van der Waals surface area contributed by atoms with Crippen molar-refractivity contribution >= 4 is 41.0 Å². The van der Waals surface area contributed by atoms with Crippen LogP contribution in [0.5, 0.6) is 0 Å². The third kappa shape index (κ3) is 5.23. The molecule has 0 aliphatic carbocycles. The zero-order valence-corrected chi connectivity index (χ0v) is 17.5. The Hall–Kier alpha value is -3.35. The Morgan fingerprint density at radius 2 is 1.45 bits per heavy atom. The second-order valence-electron chi connectivity index (χ2n) is 6.71. The first kappa shape index (κ1) is 22.3. The molecule has 6 nitrogen and oxygen atoms in total. The average molecular weight is 458 g/mol. The number of rotatable bonds is 7. The molecule has 0 unspecified atom stereocenters. The van der Waals surface area contributed by atoms with E-state index < -0.39 is 23.9 Å². The lowest BCUT2D eigenvalue weighted by Gasteiger charge is -2.16. The molecular weight excluding hydrogens is 441 g/mol. The molecule has 31 heavy (non-hydrogen) atoms. The highest BCUT2D eigenvalue weighted by atomic mass is 35.5. The van der Waals surface area contributed by atoms with Gasteiger partial charge in [0.25, 0.3) is 5.91 Å². The number of aromatic carboxylic acids is 1. The third-order valence-electron chi connectivity index (χ3n) is 4.66. The van der Waals surface area contributed by atoms with Crippen LogP contribution in [0.25, 0.3) is 11.1 Å². The molecule has 3 aromatic carbocycles. The number of benzene rings is 3. The molecule has 0 heterocycles. The zero-order valence-electron chi connectivity index (χ0n) is 16.0. The number of carboxylic acids is 2. The smallest absolute Gasteiger partial charge is 0.336 e. The van der Waals surface area contributed by atoms with E-state index in [1.807, 2.05) is 0 Å². The second-order valence-corrected chi connectivity index (χ2v) is 7.53. The summed E-state index contributed by atoms with van der Waals surface area (Å²) in [5.41, 5.74) is 2.06. The quantitative estimate of drug-likeness (QED) is 0.473. The van der Waals surface area contributed by atoms with Crippen molar-refractivity contribution in [2.75, 3.05) is 0 Å². The summed E-state index contributed by atoms with van der Waals surface area (Å²) in [7, 11) is 0. The van der Waals surface area contributed by atoms with Crippen LogP contribution in [0, 0.1) is 0 Å². The fourth-order valence-corrected chi connectivity index (χ4v) is 3.69. The van der Waals surface area contributed by atoms with Crippen LogP contribution in [0.15, 0.2) is 66.7 Å². The molecule has 1 amide bonds. The molecule has 0 spiro atoms. The topological polar surface area (TPSA) is 104 Å². The lowest BCUT2D eigenvalue weighted by Crippen LogP contribution is -2.42. The van der Waals surface area contributed by atoms with Crippen LogP contribution in [-0.2, 0) is 11.2 Å². The molecule has 3 N–H and O–H groups in total. The van der Waals surface area contributed by atoms with Crippen LogP contribution in [-0.4, -0.2) is 34.1 Å². The van der Waals surface area contributed by atoms with Crippen molar-refractivity contribution < 1.29 is 24.6 Å². The molecule has 0 saturated heterocycles. The van der Waals surface area contributed by atoms with Gasteiger partial charge in [0.05, 0.1) is 21.2 Å².